The summed E-state index contributed by atoms with van der Waals surface area (Å²) >= 11 is 0. The summed E-state index contributed by atoms with van der Waals surface area (Å²) in [5.41, 5.74) is -4.02. The van der Waals surface area contributed by atoms with Gasteiger partial charge < -0.3 is 25.2 Å². The van der Waals surface area contributed by atoms with Gasteiger partial charge in [-0.25, -0.2) is 14.6 Å². The van der Waals surface area contributed by atoms with Crippen LogP contribution in [0, 0.1) is 0 Å². The number of methoxy groups -OCH3 is 1. The fraction of sp³-hybridized carbons (Fsp3) is 0.467. The van der Waals surface area contributed by atoms with Crippen molar-refractivity contribution in [1.82, 2.24) is 30.0 Å². The van der Waals surface area contributed by atoms with Gasteiger partial charge in [-0.2, -0.15) is 31.4 Å². The number of hydrogen-bond donors (Lipinski definition) is 2. The van der Waals surface area contributed by atoms with Crippen molar-refractivity contribution in [1.29, 1.82) is 0 Å². The number of benzene rings is 1. The second kappa shape index (κ2) is 13.7. The number of rotatable bonds is 9. The minimum Gasteiger partial charge on any atom is -0.497 e. The lowest BCUT2D eigenvalue weighted by atomic mass is 10.0. The third kappa shape index (κ3) is 7.62. The first-order chi connectivity index (χ1) is 22.7. The van der Waals surface area contributed by atoms with Crippen LogP contribution in [0.25, 0.3) is 0 Å². The van der Waals surface area contributed by atoms with E-state index < -0.39 is 52.7 Å². The summed E-state index contributed by atoms with van der Waals surface area (Å²) in [4.78, 5) is 50.1. The van der Waals surface area contributed by atoms with Crippen molar-refractivity contribution in [3.8, 4) is 5.75 Å². The molecular formula is C30H32F6N8O4. The smallest absolute Gasteiger partial charge is 0.423 e. The number of aromatic nitrogens is 4. The second-order valence-corrected chi connectivity index (χ2v) is 11.5. The molecule has 1 unspecified atom stereocenters. The number of ether oxygens (including phenoxy) is 1. The van der Waals surface area contributed by atoms with Crippen molar-refractivity contribution in [3.05, 3.63) is 69.9 Å². The molecule has 2 aromatic heterocycles. The van der Waals surface area contributed by atoms with Crippen LogP contribution < -0.4 is 25.8 Å². The number of nitrogens with one attached hydrogen (secondary N) is 2. The van der Waals surface area contributed by atoms with E-state index >= 15 is 0 Å². The number of hydrogen-bond acceptors (Lipinski definition) is 9. The van der Waals surface area contributed by atoms with Crippen molar-refractivity contribution in [2.75, 3.05) is 37.0 Å². The van der Waals surface area contributed by atoms with E-state index in [0.29, 0.717) is 48.5 Å². The molecule has 12 nitrogen and oxygen atoms in total. The molecule has 48 heavy (non-hydrogen) atoms. The van der Waals surface area contributed by atoms with Crippen molar-refractivity contribution >= 4 is 23.5 Å². The van der Waals surface area contributed by atoms with E-state index in [1.165, 1.54) is 14.0 Å². The molecule has 2 aliphatic heterocycles. The fourth-order valence-corrected chi connectivity index (χ4v) is 5.69. The fourth-order valence-electron chi connectivity index (χ4n) is 5.69. The number of likely N-dealkylation sites (tertiary alicyclic amines) is 1. The van der Waals surface area contributed by atoms with Crippen molar-refractivity contribution in [2.45, 2.75) is 63.2 Å². The zero-order valence-electron chi connectivity index (χ0n) is 25.8. The Labute approximate surface area is 270 Å². The summed E-state index contributed by atoms with van der Waals surface area (Å²) in [6, 6.07) is 4.01. The molecule has 0 spiro atoms. The molecule has 258 valence electrons. The lowest BCUT2D eigenvalue weighted by Crippen LogP contribution is -2.50. The Balaban J connectivity index is 1.17. The molecule has 1 aromatic carbocycles. The van der Waals surface area contributed by atoms with Gasteiger partial charge in [-0.05, 0) is 43.9 Å². The van der Waals surface area contributed by atoms with Gasteiger partial charge in [0, 0.05) is 38.1 Å². The number of alkyl halides is 6. The van der Waals surface area contributed by atoms with Crippen LogP contribution in [0.3, 0.4) is 0 Å². The van der Waals surface area contributed by atoms with Gasteiger partial charge in [0.15, 0.2) is 0 Å². The van der Waals surface area contributed by atoms with Gasteiger partial charge in [0.2, 0.25) is 17.8 Å². The molecule has 2 amide bonds. The van der Waals surface area contributed by atoms with Gasteiger partial charge in [-0.15, -0.1) is 0 Å². The molecule has 2 aliphatic rings. The van der Waals surface area contributed by atoms with Gasteiger partial charge >= 0.3 is 12.4 Å². The Hall–Kier alpha value is -4.90. The Bertz CT molecular complexity index is 1670. The SMILES string of the molecule is COc1ccc(Cn2ncc(NC(C)C(=O)N[C@@H]3CCN(C4CCN(c5ncc(C(F)(F)F)cn5)CC4)C3=O)c(C(F)(F)F)c2=O)cc1. The first kappa shape index (κ1) is 34.4. The van der Waals surface area contributed by atoms with E-state index in [2.05, 4.69) is 25.7 Å². The van der Waals surface area contributed by atoms with E-state index in [9.17, 15) is 40.7 Å². The van der Waals surface area contributed by atoms with Crippen LogP contribution in [0.15, 0.2) is 47.7 Å². The van der Waals surface area contributed by atoms with E-state index in [0.717, 1.165) is 18.6 Å². The van der Waals surface area contributed by atoms with E-state index in [4.69, 9.17) is 4.74 Å². The van der Waals surface area contributed by atoms with Gasteiger partial charge in [0.25, 0.3) is 5.56 Å². The number of carbonyl (C=O) groups is 2. The predicted octanol–water partition coefficient (Wildman–Crippen LogP) is 3.31. The third-order valence-electron chi connectivity index (χ3n) is 8.29. The van der Waals surface area contributed by atoms with Gasteiger partial charge in [0.1, 0.15) is 23.4 Å². The average molecular weight is 683 g/mol. The lowest BCUT2D eigenvalue weighted by molar-refractivity contribution is -0.139. The van der Waals surface area contributed by atoms with Gasteiger partial charge in [-0.1, -0.05) is 12.1 Å². The highest BCUT2D eigenvalue weighted by molar-refractivity contribution is 5.92. The summed E-state index contributed by atoms with van der Waals surface area (Å²) in [6.07, 6.45) is -6.07. The summed E-state index contributed by atoms with van der Waals surface area (Å²) in [6.45, 7) is 2.19. The maximum atomic E-state index is 14.1. The standard InChI is InChI=1S/C30H32F6N8O4/c1-17(40-23-15-39-44(27(47)24(23)30(34,35)36)16-18-3-5-21(48-2)6-4-18)25(45)41-22-9-12-43(26(22)46)20-7-10-42(11-8-20)28-37-13-19(14-38-28)29(31,32)33/h3-6,13-15,17,20,22,40H,7-12,16H2,1-2H3,(H,41,45)/t17?,22-/m1/s1. The van der Waals surface area contributed by atoms with Gasteiger partial charge in [0.05, 0.1) is 31.1 Å². The van der Waals surface area contributed by atoms with Crippen molar-refractivity contribution in [2.24, 2.45) is 0 Å². The van der Waals surface area contributed by atoms with Crippen LogP contribution in [0.4, 0.5) is 38.0 Å². The average Bonchev–Trinajstić information content (AvgIpc) is 3.41. The second-order valence-electron chi connectivity index (χ2n) is 11.5. The highest BCUT2D eigenvalue weighted by Crippen LogP contribution is 2.32. The molecule has 0 saturated carbocycles. The Morgan fingerprint density at radius 2 is 1.60 bits per heavy atom. The molecule has 0 aliphatic carbocycles. The summed E-state index contributed by atoms with van der Waals surface area (Å²) in [5, 5.41) is 8.90. The van der Waals surface area contributed by atoms with Crippen LogP contribution in [0.1, 0.15) is 42.9 Å². The molecule has 5 rings (SSSR count). The monoisotopic (exact) mass is 682 g/mol. The van der Waals surface area contributed by atoms with E-state index in [1.807, 2.05) is 0 Å². The quantitative estimate of drug-likeness (QED) is 0.326. The molecular weight excluding hydrogens is 650 g/mol. The number of carbonyl (C=O) groups excluding carboxylic acids is 2. The first-order valence-corrected chi connectivity index (χ1v) is 15.0. The van der Waals surface area contributed by atoms with Crippen LogP contribution in [0.2, 0.25) is 0 Å². The van der Waals surface area contributed by atoms with E-state index in [1.54, 1.807) is 34.1 Å². The minimum atomic E-state index is -5.06. The summed E-state index contributed by atoms with van der Waals surface area (Å²) in [5.74, 6) is -0.414. The molecule has 2 fully saturated rings. The first-order valence-electron chi connectivity index (χ1n) is 15.0. The molecule has 18 heteroatoms. The molecule has 3 aromatic rings. The number of halogens is 6. The normalized spacial score (nSPS) is 18.2. The molecule has 4 heterocycles. The molecule has 2 N–H and O–H groups in total. The summed E-state index contributed by atoms with van der Waals surface area (Å²) < 4.78 is 86.4. The zero-order valence-corrected chi connectivity index (χ0v) is 25.8. The van der Waals surface area contributed by atoms with Crippen LogP contribution in [-0.4, -0.2) is 81.3 Å². The van der Waals surface area contributed by atoms with Gasteiger partial charge in [-0.3, -0.25) is 14.4 Å². The van der Waals surface area contributed by atoms with Crippen molar-refractivity contribution in [3.63, 3.8) is 0 Å². The molecule has 0 bridgehead atoms. The molecule has 2 atom stereocenters. The highest BCUT2D eigenvalue weighted by atomic mass is 19.4. The minimum absolute atomic E-state index is 0.152. The highest BCUT2D eigenvalue weighted by Gasteiger charge is 2.41. The molecule has 2 saturated heterocycles. The number of piperidine rings is 1. The van der Waals surface area contributed by atoms with Crippen molar-refractivity contribution < 1.29 is 40.7 Å². The predicted molar refractivity (Wildman–Crippen MR) is 159 cm³/mol. The Morgan fingerprint density at radius 1 is 0.958 bits per heavy atom. The van der Waals surface area contributed by atoms with Crippen LogP contribution >= 0.6 is 0 Å². The summed E-state index contributed by atoms with van der Waals surface area (Å²) in [7, 11) is 1.46. The molecule has 0 radical (unpaired) electrons. The number of anilines is 2. The Morgan fingerprint density at radius 3 is 2.19 bits per heavy atom. The van der Waals surface area contributed by atoms with E-state index in [-0.39, 0.29) is 30.9 Å². The lowest BCUT2D eigenvalue weighted by Gasteiger charge is -2.36. The zero-order chi connectivity index (χ0) is 34.8. The Kier molecular flexibility index (Phi) is 9.81. The van der Waals surface area contributed by atoms with Crippen LogP contribution in [-0.2, 0) is 28.5 Å². The number of nitrogens with zero attached hydrogens (tertiary/aromatic N) is 6. The van der Waals surface area contributed by atoms with Crippen LogP contribution in [0.5, 0.6) is 5.75 Å². The topological polar surface area (TPSA) is 135 Å². The maximum absolute atomic E-state index is 14.1. The largest absolute Gasteiger partial charge is 0.497 e. The number of amides is 2. The third-order valence-corrected chi connectivity index (χ3v) is 8.29. The maximum Gasteiger partial charge on any atom is 0.423 e.